The van der Waals surface area contributed by atoms with Gasteiger partial charge in [0.1, 0.15) is 0 Å². The Morgan fingerprint density at radius 1 is 1.33 bits per heavy atom. The normalized spacial score (nSPS) is 14.7. The fourth-order valence-electron chi connectivity index (χ4n) is 2.07. The molecule has 1 aromatic heterocycles. The Bertz CT molecular complexity index is 484. The molecule has 1 amide bonds. The molecule has 2 heterocycles. The van der Waals surface area contributed by atoms with E-state index in [0.717, 1.165) is 32.4 Å². The number of carboxylic acid groups (broad SMARTS) is 1. The number of carbonyl (C=O) groups is 2. The molecule has 0 aromatic carbocycles. The van der Waals surface area contributed by atoms with Crippen molar-refractivity contribution in [2.45, 2.75) is 38.1 Å². The molecule has 0 atom stereocenters. The van der Waals surface area contributed by atoms with E-state index in [1.807, 2.05) is 0 Å². The van der Waals surface area contributed by atoms with Gasteiger partial charge in [-0.2, -0.15) is 0 Å². The minimum atomic E-state index is -0.756. The Balaban J connectivity index is 1.58. The number of carboxylic acids is 1. The second-order valence-electron chi connectivity index (χ2n) is 5.21. The third-order valence-corrected chi connectivity index (χ3v) is 3.48. The van der Waals surface area contributed by atoms with Crippen LogP contribution in [-0.2, 0) is 4.79 Å². The van der Waals surface area contributed by atoms with Crippen molar-refractivity contribution in [2.24, 2.45) is 0 Å². The minimum absolute atomic E-state index is 0.209. The fourth-order valence-corrected chi connectivity index (χ4v) is 2.07. The molecule has 2 rings (SSSR count). The number of amides is 1. The lowest BCUT2D eigenvalue weighted by Gasteiger charge is -2.26. The van der Waals surface area contributed by atoms with Crippen LogP contribution < -0.4 is 10.6 Å². The van der Waals surface area contributed by atoms with Crippen molar-refractivity contribution in [3.8, 4) is 0 Å². The molecule has 0 spiro atoms. The molecular weight excluding hydrogens is 274 g/mol. The average molecular weight is 295 g/mol. The monoisotopic (exact) mass is 295 g/mol. The first kappa shape index (κ1) is 15.4. The molecule has 21 heavy (non-hydrogen) atoms. The van der Waals surface area contributed by atoms with Gasteiger partial charge in [-0.05, 0) is 12.8 Å². The van der Waals surface area contributed by atoms with E-state index in [-0.39, 0.29) is 12.3 Å². The van der Waals surface area contributed by atoms with Gasteiger partial charge in [-0.15, -0.1) is 5.10 Å². The van der Waals surface area contributed by atoms with Crippen molar-refractivity contribution in [3.05, 3.63) is 11.9 Å². The summed E-state index contributed by atoms with van der Waals surface area (Å²) in [5, 5.41) is 22.3. The molecule has 116 valence electrons. The molecule has 8 nitrogen and oxygen atoms in total. The topological polar surface area (TPSA) is 109 Å². The van der Waals surface area contributed by atoms with Crippen molar-refractivity contribution >= 4 is 11.9 Å². The lowest BCUT2D eigenvalue weighted by molar-refractivity contribution is -0.137. The van der Waals surface area contributed by atoms with Crippen molar-refractivity contribution < 1.29 is 14.7 Å². The summed E-state index contributed by atoms with van der Waals surface area (Å²) in [4.78, 5) is 22.2. The molecule has 3 N–H and O–H groups in total. The SMILES string of the molecule is O=C(O)CCCCCCNC(=O)c1cn(C2CNC2)nn1. The molecule has 1 aliphatic heterocycles. The third kappa shape index (κ3) is 4.82. The number of aliphatic carboxylic acids is 1. The van der Waals surface area contributed by atoms with Crippen LogP contribution in [0.15, 0.2) is 6.20 Å². The molecule has 0 bridgehead atoms. The van der Waals surface area contributed by atoms with Gasteiger partial charge in [0, 0.05) is 26.1 Å². The highest BCUT2D eigenvalue weighted by Crippen LogP contribution is 2.09. The number of nitrogens with zero attached hydrogens (tertiary/aromatic N) is 3. The van der Waals surface area contributed by atoms with Gasteiger partial charge >= 0.3 is 5.97 Å². The lowest BCUT2D eigenvalue weighted by Crippen LogP contribution is -2.43. The van der Waals surface area contributed by atoms with Gasteiger partial charge in [0.05, 0.1) is 12.2 Å². The van der Waals surface area contributed by atoms with Crippen LogP contribution in [0.4, 0.5) is 0 Å². The van der Waals surface area contributed by atoms with Gasteiger partial charge in [0.15, 0.2) is 5.69 Å². The molecule has 8 heteroatoms. The predicted molar refractivity (Wildman–Crippen MR) is 75.0 cm³/mol. The highest BCUT2D eigenvalue weighted by atomic mass is 16.4. The number of aromatic nitrogens is 3. The Morgan fingerprint density at radius 2 is 2.10 bits per heavy atom. The van der Waals surface area contributed by atoms with Gasteiger partial charge in [-0.25, -0.2) is 4.68 Å². The van der Waals surface area contributed by atoms with E-state index in [2.05, 4.69) is 20.9 Å². The molecule has 1 aliphatic rings. The summed E-state index contributed by atoms with van der Waals surface area (Å²) < 4.78 is 1.72. The molecule has 1 aromatic rings. The van der Waals surface area contributed by atoms with E-state index in [0.29, 0.717) is 24.7 Å². The maximum atomic E-state index is 11.8. The molecule has 0 aliphatic carbocycles. The summed E-state index contributed by atoms with van der Waals surface area (Å²) in [6, 6.07) is 0.299. The van der Waals surface area contributed by atoms with Crippen LogP contribution in [0.5, 0.6) is 0 Å². The first-order valence-corrected chi connectivity index (χ1v) is 7.29. The van der Waals surface area contributed by atoms with E-state index >= 15 is 0 Å². The fraction of sp³-hybridized carbons (Fsp3) is 0.692. The van der Waals surface area contributed by atoms with E-state index in [1.54, 1.807) is 10.9 Å². The molecule has 1 fully saturated rings. The Kier molecular flexibility index (Phi) is 5.68. The number of rotatable bonds is 9. The Labute approximate surface area is 122 Å². The van der Waals surface area contributed by atoms with Crippen LogP contribution in [-0.4, -0.2) is 51.6 Å². The largest absolute Gasteiger partial charge is 0.481 e. The second kappa shape index (κ2) is 7.72. The molecule has 0 unspecified atom stereocenters. The van der Waals surface area contributed by atoms with Crippen molar-refractivity contribution in [2.75, 3.05) is 19.6 Å². The van der Waals surface area contributed by atoms with Crippen molar-refractivity contribution in [3.63, 3.8) is 0 Å². The maximum Gasteiger partial charge on any atom is 0.303 e. The number of nitrogens with one attached hydrogen (secondary N) is 2. The summed E-state index contributed by atoms with van der Waals surface area (Å²) in [6.07, 6.45) is 5.19. The number of carbonyl (C=O) groups excluding carboxylic acids is 1. The average Bonchev–Trinajstić information content (AvgIpc) is 2.84. The Morgan fingerprint density at radius 3 is 2.76 bits per heavy atom. The van der Waals surface area contributed by atoms with Crippen molar-refractivity contribution in [1.82, 2.24) is 25.6 Å². The number of hydrogen-bond donors (Lipinski definition) is 3. The van der Waals surface area contributed by atoms with Gasteiger partial charge in [0.25, 0.3) is 5.91 Å². The van der Waals surface area contributed by atoms with Crippen LogP contribution in [0, 0.1) is 0 Å². The number of unbranched alkanes of at least 4 members (excludes halogenated alkanes) is 3. The predicted octanol–water partition coefficient (Wildman–Crippen LogP) is 0.187. The molecular formula is C13H21N5O3. The van der Waals surface area contributed by atoms with Gasteiger partial charge < -0.3 is 15.7 Å². The van der Waals surface area contributed by atoms with Gasteiger partial charge in [-0.3, -0.25) is 9.59 Å². The summed E-state index contributed by atoms with van der Waals surface area (Å²) in [7, 11) is 0. The number of hydrogen-bond acceptors (Lipinski definition) is 5. The van der Waals surface area contributed by atoms with Gasteiger partial charge in [0.2, 0.25) is 0 Å². The third-order valence-electron chi connectivity index (χ3n) is 3.48. The zero-order valence-electron chi connectivity index (χ0n) is 11.9. The van der Waals surface area contributed by atoms with Crippen LogP contribution >= 0.6 is 0 Å². The highest BCUT2D eigenvalue weighted by molar-refractivity contribution is 5.91. The van der Waals surface area contributed by atoms with Crippen LogP contribution in [0.25, 0.3) is 0 Å². The second-order valence-corrected chi connectivity index (χ2v) is 5.21. The first-order chi connectivity index (χ1) is 10.2. The zero-order valence-corrected chi connectivity index (χ0v) is 11.9. The minimum Gasteiger partial charge on any atom is -0.481 e. The summed E-state index contributed by atoms with van der Waals surface area (Å²) in [6.45, 7) is 2.30. The highest BCUT2D eigenvalue weighted by Gasteiger charge is 2.21. The molecule has 0 saturated carbocycles. The molecule has 0 radical (unpaired) electrons. The van der Waals surface area contributed by atoms with Crippen LogP contribution in [0.2, 0.25) is 0 Å². The summed E-state index contributed by atoms with van der Waals surface area (Å²) >= 11 is 0. The zero-order chi connectivity index (χ0) is 15.1. The lowest BCUT2D eigenvalue weighted by atomic mass is 10.1. The Hall–Kier alpha value is -1.96. The van der Waals surface area contributed by atoms with Crippen LogP contribution in [0.1, 0.15) is 48.6 Å². The van der Waals surface area contributed by atoms with E-state index < -0.39 is 5.97 Å². The first-order valence-electron chi connectivity index (χ1n) is 7.29. The molecule has 1 saturated heterocycles. The van der Waals surface area contributed by atoms with Crippen LogP contribution in [0.3, 0.4) is 0 Å². The summed E-state index contributed by atoms with van der Waals surface area (Å²) in [5.74, 6) is -0.966. The van der Waals surface area contributed by atoms with Crippen molar-refractivity contribution in [1.29, 1.82) is 0 Å². The van der Waals surface area contributed by atoms with Gasteiger partial charge in [-0.1, -0.05) is 18.1 Å². The maximum absolute atomic E-state index is 11.8. The standard InChI is InChI=1S/C13H21N5O3/c19-12(20)5-3-1-2-4-6-15-13(21)11-9-18(17-16-11)10-7-14-8-10/h9-10,14H,1-8H2,(H,15,21)(H,19,20). The van der Waals surface area contributed by atoms with E-state index in [1.165, 1.54) is 0 Å². The quantitative estimate of drug-likeness (QED) is 0.561. The van der Waals surface area contributed by atoms with E-state index in [4.69, 9.17) is 5.11 Å². The van der Waals surface area contributed by atoms with E-state index in [9.17, 15) is 9.59 Å². The smallest absolute Gasteiger partial charge is 0.303 e. The summed E-state index contributed by atoms with van der Waals surface area (Å²) in [5.41, 5.74) is 0.341.